The maximum atomic E-state index is 5.93. The van der Waals surface area contributed by atoms with Crippen molar-refractivity contribution in [2.24, 2.45) is 0 Å². The van der Waals surface area contributed by atoms with Crippen molar-refractivity contribution in [1.29, 1.82) is 0 Å². The van der Waals surface area contributed by atoms with Gasteiger partial charge in [-0.25, -0.2) is 0 Å². The van der Waals surface area contributed by atoms with Gasteiger partial charge >= 0.3 is 8.60 Å². The van der Waals surface area contributed by atoms with E-state index in [1.165, 1.54) is 18.1 Å². The van der Waals surface area contributed by atoms with Crippen molar-refractivity contribution < 1.29 is 13.6 Å². The quantitative estimate of drug-likeness (QED) is 0.294. The van der Waals surface area contributed by atoms with Gasteiger partial charge in [-0.2, -0.15) is 0 Å². The van der Waals surface area contributed by atoms with Gasteiger partial charge in [-0.3, -0.25) is 0 Å². The lowest BCUT2D eigenvalue weighted by molar-refractivity contribution is 0.175. The third-order valence-corrected chi connectivity index (χ3v) is 9.44. The van der Waals surface area contributed by atoms with Crippen molar-refractivity contribution in [2.75, 3.05) is 19.8 Å². The second-order valence-electron chi connectivity index (χ2n) is 9.66. The molecule has 0 rings (SSSR count). The SMILES string of the molecule is C[Si](C)(C)CCOP(OCC[Si](C)(C)C)OCC[Si](C)(C)C. The molecular weight excluding hydrogens is 343 g/mol. The Kier molecular flexibility index (Phi) is 10.5. The van der Waals surface area contributed by atoms with Crippen molar-refractivity contribution >= 4 is 32.8 Å². The van der Waals surface area contributed by atoms with E-state index in [-0.39, 0.29) is 0 Å². The average Bonchev–Trinajstić information content (AvgIpc) is 2.23. The lowest BCUT2D eigenvalue weighted by Gasteiger charge is -2.23. The third-order valence-electron chi connectivity index (χ3n) is 3.15. The molecule has 0 bridgehead atoms. The molecule has 0 aliphatic rings. The highest BCUT2D eigenvalue weighted by atomic mass is 31.2. The number of hydrogen-bond donors (Lipinski definition) is 0. The Hall–Kier alpha value is 0.961. The molecule has 0 saturated carbocycles. The minimum Gasteiger partial charge on any atom is -0.313 e. The van der Waals surface area contributed by atoms with Crippen LogP contribution in [0.5, 0.6) is 0 Å². The molecule has 0 radical (unpaired) electrons. The molecule has 0 unspecified atom stereocenters. The molecule has 0 amide bonds. The Morgan fingerprint density at radius 1 is 0.500 bits per heavy atom. The zero-order chi connectivity index (χ0) is 17.4. The summed E-state index contributed by atoms with van der Waals surface area (Å²) in [5, 5.41) is 0. The van der Waals surface area contributed by atoms with E-state index in [4.69, 9.17) is 13.6 Å². The van der Waals surface area contributed by atoms with E-state index in [0.29, 0.717) is 0 Å². The van der Waals surface area contributed by atoms with Crippen LogP contribution in [0.2, 0.25) is 77.1 Å². The monoisotopic (exact) mass is 382 g/mol. The van der Waals surface area contributed by atoms with Crippen LogP contribution in [-0.4, -0.2) is 44.0 Å². The summed E-state index contributed by atoms with van der Waals surface area (Å²) in [5.41, 5.74) is 0. The smallest absolute Gasteiger partial charge is 0.313 e. The number of hydrogen-bond acceptors (Lipinski definition) is 3. The lowest BCUT2D eigenvalue weighted by atomic mass is 10.9. The molecule has 22 heavy (non-hydrogen) atoms. The van der Waals surface area contributed by atoms with E-state index in [1.54, 1.807) is 0 Å². The average molecular weight is 383 g/mol. The summed E-state index contributed by atoms with van der Waals surface area (Å²) >= 11 is 0. The van der Waals surface area contributed by atoms with Crippen molar-refractivity contribution in [3.05, 3.63) is 0 Å². The summed E-state index contributed by atoms with van der Waals surface area (Å²) in [7, 11) is -4.33. The fourth-order valence-corrected chi connectivity index (χ4v) is 4.99. The molecule has 7 heteroatoms. The molecule has 0 spiro atoms. The molecular formula is C15H39O3PSi3. The molecule has 0 aliphatic heterocycles. The molecule has 0 aliphatic carbocycles. The second-order valence-corrected chi connectivity index (χ2v) is 27.7. The van der Waals surface area contributed by atoms with Gasteiger partial charge in [0.05, 0.1) is 19.8 Å². The fraction of sp³-hybridized carbons (Fsp3) is 1.00. The summed E-state index contributed by atoms with van der Waals surface area (Å²) < 4.78 is 17.8. The van der Waals surface area contributed by atoms with E-state index >= 15 is 0 Å². The standard InChI is InChI=1S/C15H39O3PSi3/c1-20(2,3)13-10-16-19(17-11-14-21(4,5)6)18-12-15-22(7,8)9/h10-15H2,1-9H3. The van der Waals surface area contributed by atoms with Crippen LogP contribution in [0, 0.1) is 0 Å². The first-order valence-electron chi connectivity index (χ1n) is 8.47. The van der Waals surface area contributed by atoms with Gasteiger partial charge in [0.25, 0.3) is 0 Å². The Bertz CT molecular complexity index is 248. The zero-order valence-corrected chi connectivity index (χ0v) is 20.3. The first-order valence-corrected chi connectivity index (χ1v) is 20.7. The summed E-state index contributed by atoms with van der Waals surface area (Å²) in [6.07, 6.45) is 0. The lowest BCUT2D eigenvalue weighted by Crippen LogP contribution is -2.23. The molecule has 0 heterocycles. The molecule has 134 valence electrons. The minimum atomic E-state index is -1.15. The highest BCUT2D eigenvalue weighted by molar-refractivity contribution is 7.41. The Labute approximate surface area is 143 Å². The van der Waals surface area contributed by atoms with Crippen LogP contribution < -0.4 is 0 Å². The van der Waals surface area contributed by atoms with Gasteiger partial charge in [0, 0.05) is 24.2 Å². The summed E-state index contributed by atoms with van der Waals surface area (Å²) in [4.78, 5) is 0. The van der Waals surface area contributed by atoms with Gasteiger partial charge in [0.2, 0.25) is 0 Å². The van der Waals surface area contributed by atoms with Gasteiger partial charge in [-0.15, -0.1) is 0 Å². The minimum absolute atomic E-state index is 0.779. The first kappa shape index (κ1) is 23.0. The van der Waals surface area contributed by atoms with E-state index in [0.717, 1.165) is 19.8 Å². The highest BCUT2D eigenvalue weighted by Gasteiger charge is 2.20. The zero-order valence-electron chi connectivity index (χ0n) is 16.4. The Morgan fingerprint density at radius 3 is 0.909 bits per heavy atom. The Morgan fingerprint density at radius 2 is 0.727 bits per heavy atom. The van der Waals surface area contributed by atoms with E-state index in [2.05, 4.69) is 58.9 Å². The molecule has 0 N–H and O–H groups in total. The van der Waals surface area contributed by atoms with Crippen LogP contribution in [0.3, 0.4) is 0 Å². The topological polar surface area (TPSA) is 27.7 Å². The predicted octanol–water partition coefficient (Wildman–Crippen LogP) is 6.28. The summed E-state index contributed by atoms with van der Waals surface area (Å²) in [6.45, 7) is 23.7. The molecule has 0 aromatic rings. The molecule has 0 atom stereocenters. The van der Waals surface area contributed by atoms with Crippen molar-refractivity contribution in [2.45, 2.75) is 77.1 Å². The van der Waals surface area contributed by atoms with E-state index in [1.807, 2.05) is 0 Å². The molecule has 0 aromatic heterocycles. The van der Waals surface area contributed by atoms with Crippen LogP contribution in [0.4, 0.5) is 0 Å². The molecule has 0 saturated heterocycles. The summed E-state index contributed by atoms with van der Waals surface area (Å²) in [6, 6.07) is 3.50. The maximum Gasteiger partial charge on any atom is 0.332 e. The number of rotatable bonds is 12. The van der Waals surface area contributed by atoms with Crippen LogP contribution in [0.15, 0.2) is 0 Å². The second kappa shape index (κ2) is 10.1. The predicted molar refractivity (Wildman–Crippen MR) is 109 cm³/mol. The molecule has 0 aromatic carbocycles. The van der Waals surface area contributed by atoms with Gasteiger partial charge in [-0.05, 0) is 18.1 Å². The summed E-state index contributed by atoms with van der Waals surface area (Å²) in [5.74, 6) is 0. The Balaban J connectivity index is 4.19. The fourth-order valence-electron chi connectivity index (χ4n) is 1.39. The van der Waals surface area contributed by atoms with Gasteiger partial charge in [0.15, 0.2) is 0 Å². The van der Waals surface area contributed by atoms with Crippen molar-refractivity contribution in [1.82, 2.24) is 0 Å². The van der Waals surface area contributed by atoms with Gasteiger partial charge in [-0.1, -0.05) is 58.9 Å². The van der Waals surface area contributed by atoms with Crippen LogP contribution in [0.25, 0.3) is 0 Å². The van der Waals surface area contributed by atoms with Crippen molar-refractivity contribution in [3.8, 4) is 0 Å². The van der Waals surface area contributed by atoms with Crippen LogP contribution >= 0.6 is 8.60 Å². The first-order chi connectivity index (χ1) is 9.79. The highest BCUT2D eigenvalue weighted by Crippen LogP contribution is 2.41. The van der Waals surface area contributed by atoms with E-state index in [9.17, 15) is 0 Å². The molecule has 0 fully saturated rings. The van der Waals surface area contributed by atoms with Crippen LogP contribution in [0.1, 0.15) is 0 Å². The van der Waals surface area contributed by atoms with Crippen molar-refractivity contribution in [3.63, 3.8) is 0 Å². The maximum absolute atomic E-state index is 5.93. The van der Waals surface area contributed by atoms with Gasteiger partial charge < -0.3 is 13.6 Å². The van der Waals surface area contributed by atoms with Gasteiger partial charge in [0.1, 0.15) is 0 Å². The third kappa shape index (κ3) is 17.3. The van der Waals surface area contributed by atoms with E-state index < -0.39 is 32.8 Å². The largest absolute Gasteiger partial charge is 0.332 e. The normalized spacial score (nSPS) is 13.9. The molecule has 3 nitrogen and oxygen atoms in total. The van der Waals surface area contributed by atoms with Crippen LogP contribution in [-0.2, 0) is 13.6 Å².